The van der Waals surface area contributed by atoms with Crippen LogP contribution in [-0.2, 0) is 11.4 Å². The lowest BCUT2D eigenvalue weighted by molar-refractivity contribution is -0.112. The minimum Gasteiger partial charge on any atom is -0.487 e. The van der Waals surface area contributed by atoms with Crippen LogP contribution in [0.1, 0.15) is 16.7 Å². The first-order valence-electron chi connectivity index (χ1n) is 9.11. The minimum atomic E-state index is -0.479. The molecule has 0 aliphatic carbocycles. The molecule has 0 radical (unpaired) electrons. The molecule has 0 heterocycles. The van der Waals surface area contributed by atoms with Gasteiger partial charge in [0.25, 0.3) is 5.91 Å². The largest absolute Gasteiger partial charge is 0.487 e. The van der Waals surface area contributed by atoms with Crippen LogP contribution in [-0.4, -0.2) is 5.91 Å². The zero-order valence-electron chi connectivity index (χ0n) is 16.2. The lowest BCUT2D eigenvalue weighted by atomic mass is 10.1. The van der Waals surface area contributed by atoms with E-state index in [0.717, 1.165) is 15.6 Å². The van der Waals surface area contributed by atoms with Crippen LogP contribution < -0.4 is 10.1 Å². The number of nitriles is 1. The van der Waals surface area contributed by atoms with Crippen molar-refractivity contribution in [2.45, 2.75) is 13.5 Å². The summed E-state index contributed by atoms with van der Waals surface area (Å²) in [5.74, 6) is 0.0485. The van der Waals surface area contributed by atoms with E-state index in [1.807, 2.05) is 49.4 Å². The highest BCUT2D eigenvalue weighted by molar-refractivity contribution is 9.10. The number of aryl methyl sites for hydroxylation is 1. The molecule has 0 aliphatic heterocycles. The molecule has 3 aromatic rings. The summed E-state index contributed by atoms with van der Waals surface area (Å²) >= 11 is 9.73. The van der Waals surface area contributed by atoms with E-state index in [4.69, 9.17) is 16.3 Å². The standard InChI is InChI=1S/C24H18BrClN2O2/c1-16-2-9-21(10-3-16)28-24(29)19(14-27)12-18-6-11-23(22(26)13-18)30-15-17-4-7-20(25)8-5-17/h2-13H,15H2,1H3,(H,28,29)/b19-12+. The van der Waals surface area contributed by atoms with Crippen molar-refractivity contribution in [1.29, 1.82) is 5.26 Å². The Morgan fingerprint density at radius 3 is 2.47 bits per heavy atom. The van der Waals surface area contributed by atoms with Gasteiger partial charge < -0.3 is 10.1 Å². The van der Waals surface area contributed by atoms with E-state index in [9.17, 15) is 10.1 Å². The molecule has 4 nitrogen and oxygen atoms in total. The van der Waals surface area contributed by atoms with Gasteiger partial charge in [-0.05, 0) is 60.5 Å². The molecule has 0 atom stereocenters. The van der Waals surface area contributed by atoms with Crippen LogP contribution >= 0.6 is 27.5 Å². The summed E-state index contributed by atoms with van der Waals surface area (Å²) in [7, 11) is 0. The van der Waals surface area contributed by atoms with E-state index in [-0.39, 0.29) is 5.57 Å². The van der Waals surface area contributed by atoms with Crippen LogP contribution in [0.2, 0.25) is 5.02 Å². The van der Waals surface area contributed by atoms with Gasteiger partial charge in [0.15, 0.2) is 0 Å². The van der Waals surface area contributed by atoms with Crippen molar-refractivity contribution in [1.82, 2.24) is 0 Å². The van der Waals surface area contributed by atoms with Crippen LogP contribution in [0.5, 0.6) is 5.75 Å². The number of nitrogens with zero attached hydrogens (tertiary/aromatic N) is 1. The van der Waals surface area contributed by atoms with Crippen molar-refractivity contribution in [3.63, 3.8) is 0 Å². The van der Waals surface area contributed by atoms with E-state index in [1.54, 1.807) is 30.3 Å². The molecular formula is C24H18BrClN2O2. The maximum Gasteiger partial charge on any atom is 0.266 e. The molecule has 6 heteroatoms. The number of anilines is 1. The molecule has 0 fully saturated rings. The Labute approximate surface area is 188 Å². The van der Waals surface area contributed by atoms with E-state index in [2.05, 4.69) is 21.2 Å². The lowest BCUT2D eigenvalue weighted by Gasteiger charge is -2.09. The predicted octanol–water partition coefficient (Wildman–Crippen LogP) is 6.54. The summed E-state index contributed by atoms with van der Waals surface area (Å²) in [4.78, 5) is 12.4. The molecule has 0 aliphatic rings. The number of hydrogen-bond acceptors (Lipinski definition) is 3. The average Bonchev–Trinajstić information content (AvgIpc) is 2.74. The Kier molecular flexibility index (Phi) is 7.29. The van der Waals surface area contributed by atoms with Crippen LogP contribution in [0.3, 0.4) is 0 Å². The summed E-state index contributed by atoms with van der Waals surface area (Å²) in [6.07, 6.45) is 1.49. The second kappa shape index (κ2) is 10.1. The first-order chi connectivity index (χ1) is 14.4. The normalized spacial score (nSPS) is 10.9. The Bertz CT molecular complexity index is 1120. The lowest BCUT2D eigenvalue weighted by Crippen LogP contribution is -2.13. The highest BCUT2D eigenvalue weighted by Gasteiger charge is 2.11. The van der Waals surface area contributed by atoms with E-state index in [0.29, 0.717) is 28.6 Å². The molecule has 0 saturated carbocycles. The summed E-state index contributed by atoms with van der Waals surface area (Å²) in [6, 6.07) is 22.2. The highest BCUT2D eigenvalue weighted by atomic mass is 79.9. The van der Waals surface area contributed by atoms with Gasteiger partial charge in [-0.1, -0.05) is 63.4 Å². The molecule has 0 unspecified atom stereocenters. The Balaban J connectivity index is 1.69. The summed E-state index contributed by atoms with van der Waals surface area (Å²) in [6.45, 7) is 2.34. The molecule has 30 heavy (non-hydrogen) atoms. The Morgan fingerprint density at radius 2 is 1.83 bits per heavy atom. The van der Waals surface area contributed by atoms with Gasteiger partial charge in [0, 0.05) is 10.2 Å². The van der Waals surface area contributed by atoms with Gasteiger partial charge in [0.05, 0.1) is 5.02 Å². The topological polar surface area (TPSA) is 62.1 Å². The first-order valence-corrected chi connectivity index (χ1v) is 10.3. The molecule has 0 aromatic heterocycles. The second-order valence-electron chi connectivity index (χ2n) is 6.59. The number of benzene rings is 3. The van der Waals surface area contributed by atoms with Crippen LogP contribution in [0.4, 0.5) is 5.69 Å². The number of halogens is 2. The van der Waals surface area contributed by atoms with Gasteiger partial charge in [0.1, 0.15) is 24.0 Å². The molecular weight excluding hydrogens is 464 g/mol. The molecule has 1 amide bonds. The van der Waals surface area contributed by atoms with Crippen molar-refractivity contribution in [3.8, 4) is 11.8 Å². The minimum absolute atomic E-state index is 0.0184. The monoisotopic (exact) mass is 480 g/mol. The number of hydrogen-bond donors (Lipinski definition) is 1. The second-order valence-corrected chi connectivity index (χ2v) is 7.92. The van der Waals surface area contributed by atoms with Crippen LogP contribution in [0.25, 0.3) is 6.08 Å². The zero-order chi connectivity index (χ0) is 21.5. The summed E-state index contributed by atoms with van der Waals surface area (Å²) < 4.78 is 6.77. The number of rotatable bonds is 6. The van der Waals surface area contributed by atoms with Crippen molar-refractivity contribution < 1.29 is 9.53 Å². The van der Waals surface area contributed by atoms with Crippen molar-refractivity contribution in [3.05, 3.63) is 98.5 Å². The van der Waals surface area contributed by atoms with Gasteiger partial charge in [-0.3, -0.25) is 4.79 Å². The zero-order valence-corrected chi connectivity index (χ0v) is 18.5. The van der Waals surface area contributed by atoms with Crippen LogP contribution in [0.15, 0.2) is 76.8 Å². The average molecular weight is 482 g/mol. The van der Waals surface area contributed by atoms with Gasteiger partial charge in [-0.25, -0.2) is 0 Å². The number of amides is 1. The molecule has 150 valence electrons. The van der Waals surface area contributed by atoms with E-state index in [1.165, 1.54) is 6.08 Å². The molecule has 3 rings (SSSR count). The molecule has 0 spiro atoms. The number of nitrogens with one attached hydrogen (secondary N) is 1. The number of carbonyl (C=O) groups is 1. The fraction of sp³-hybridized carbons (Fsp3) is 0.0833. The van der Waals surface area contributed by atoms with Gasteiger partial charge in [-0.2, -0.15) is 5.26 Å². The van der Waals surface area contributed by atoms with E-state index >= 15 is 0 Å². The molecule has 0 saturated heterocycles. The third kappa shape index (κ3) is 5.96. The van der Waals surface area contributed by atoms with Crippen molar-refractivity contribution >= 4 is 45.2 Å². The predicted molar refractivity (Wildman–Crippen MR) is 123 cm³/mol. The molecule has 3 aromatic carbocycles. The summed E-state index contributed by atoms with van der Waals surface area (Å²) in [5, 5.41) is 12.5. The smallest absolute Gasteiger partial charge is 0.266 e. The quantitative estimate of drug-likeness (QED) is 0.321. The third-order valence-electron chi connectivity index (χ3n) is 4.25. The van der Waals surface area contributed by atoms with Crippen molar-refractivity contribution in [2.24, 2.45) is 0 Å². The summed E-state index contributed by atoms with van der Waals surface area (Å²) in [5.41, 5.74) is 3.34. The van der Waals surface area contributed by atoms with Gasteiger partial charge in [0.2, 0.25) is 0 Å². The maximum atomic E-state index is 12.4. The molecule has 1 N–H and O–H groups in total. The van der Waals surface area contributed by atoms with Gasteiger partial charge in [-0.15, -0.1) is 0 Å². The highest BCUT2D eigenvalue weighted by Crippen LogP contribution is 2.27. The van der Waals surface area contributed by atoms with Crippen molar-refractivity contribution in [2.75, 3.05) is 5.32 Å². The van der Waals surface area contributed by atoms with Gasteiger partial charge >= 0.3 is 0 Å². The Hall–Kier alpha value is -3.07. The fourth-order valence-corrected chi connectivity index (χ4v) is 3.12. The fourth-order valence-electron chi connectivity index (χ4n) is 2.62. The van der Waals surface area contributed by atoms with Crippen LogP contribution in [0, 0.1) is 18.3 Å². The van der Waals surface area contributed by atoms with E-state index < -0.39 is 5.91 Å². The SMILES string of the molecule is Cc1ccc(NC(=O)/C(C#N)=C/c2ccc(OCc3ccc(Br)cc3)c(Cl)c2)cc1. The third-order valence-corrected chi connectivity index (χ3v) is 5.07. The molecule has 0 bridgehead atoms. The Morgan fingerprint density at radius 1 is 1.13 bits per heavy atom. The first kappa shape index (κ1) is 21.6. The number of carbonyl (C=O) groups excluding carboxylic acids is 1. The maximum absolute atomic E-state index is 12.4. The number of ether oxygens (including phenoxy) is 1.